The standard InChI is InChI=1S/C28H48O3/c1-18(2)19(3)9-10-20(4)22-11-12-23-25(22,5)16-14-24-26(6)21(13-17-27(23,24)29)8-7-15-28(26)30-31-28/h18-24,29H,7-17H2,1-6H3/t19-,20+,21+,22+,23-,24-,25+,26-,27+/m0/s1. The fraction of sp³-hybridized carbons (Fsp3) is 1.00. The first-order valence-electron chi connectivity index (χ1n) is 13.7. The van der Waals surface area contributed by atoms with E-state index in [9.17, 15) is 5.11 Å². The van der Waals surface area contributed by atoms with E-state index in [-0.39, 0.29) is 11.2 Å². The van der Waals surface area contributed by atoms with E-state index in [0.29, 0.717) is 23.2 Å². The van der Waals surface area contributed by atoms with Crippen LogP contribution in [0, 0.1) is 52.3 Å². The first-order chi connectivity index (χ1) is 14.6. The van der Waals surface area contributed by atoms with Crippen LogP contribution < -0.4 is 0 Å². The van der Waals surface area contributed by atoms with Gasteiger partial charge in [-0.15, -0.1) is 0 Å². The number of hydrogen-bond donors (Lipinski definition) is 1. The van der Waals surface area contributed by atoms with Gasteiger partial charge in [0.25, 0.3) is 0 Å². The highest BCUT2D eigenvalue weighted by Crippen LogP contribution is 2.73. The SMILES string of the molecule is CC(C)[C@@H](C)CC[C@@H](C)[C@H]1CC[C@H]2[C@]1(C)CC[C@@H]1[C@@]2(O)CC[C@H]2CCCC3(OO3)[C@@]21C. The highest BCUT2D eigenvalue weighted by molar-refractivity contribution is 5.19. The Bertz CT molecular complexity index is 686. The maximum atomic E-state index is 12.5. The molecule has 178 valence electrons. The number of hydrogen-bond acceptors (Lipinski definition) is 3. The molecule has 4 aliphatic carbocycles. The molecule has 4 saturated carbocycles. The van der Waals surface area contributed by atoms with Crippen LogP contribution in [-0.4, -0.2) is 16.5 Å². The molecule has 5 fully saturated rings. The Labute approximate surface area is 191 Å². The second-order valence-corrected chi connectivity index (χ2v) is 13.4. The van der Waals surface area contributed by atoms with Crippen LogP contribution in [0.15, 0.2) is 0 Å². The number of aliphatic hydroxyl groups is 1. The van der Waals surface area contributed by atoms with Crippen LogP contribution in [0.25, 0.3) is 0 Å². The van der Waals surface area contributed by atoms with E-state index in [1.54, 1.807) is 0 Å². The number of fused-ring (bicyclic) bond motifs is 6. The molecule has 1 heterocycles. The first kappa shape index (κ1) is 22.7. The summed E-state index contributed by atoms with van der Waals surface area (Å²) in [5.74, 6) is 4.15. The van der Waals surface area contributed by atoms with Crippen LogP contribution in [0.2, 0.25) is 0 Å². The highest BCUT2D eigenvalue weighted by atomic mass is 17.4. The fourth-order valence-electron chi connectivity index (χ4n) is 9.73. The van der Waals surface area contributed by atoms with Crippen molar-refractivity contribution in [2.75, 3.05) is 0 Å². The van der Waals surface area contributed by atoms with Crippen LogP contribution >= 0.6 is 0 Å². The Kier molecular flexibility index (Phi) is 5.44. The minimum atomic E-state index is -0.530. The Hall–Kier alpha value is -0.120. The smallest absolute Gasteiger partial charge is 0.240 e. The predicted octanol–water partition coefficient (Wildman–Crippen LogP) is 7.13. The third kappa shape index (κ3) is 3.08. The fourth-order valence-corrected chi connectivity index (χ4v) is 9.73. The normalized spacial score (nSPS) is 49.9. The van der Waals surface area contributed by atoms with Crippen LogP contribution in [0.4, 0.5) is 0 Å². The van der Waals surface area contributed by atoms with Gasteiger partial charge in [0.05, 0.1) is 5.60 Å². The lowest BCUT2D eigenvalue weighted by molar-refractivity contribution is -0.241. The zero-order valence-corrected chi connectivity index (χ0v) is 21.1. The zero-order valence-electron chi connectivity index (χ0n) is 21.1. The van der Waals surface area contributed by atoms with Crippen molar-refractivity contribution in [3.8, 4) is 0 Å². The Morgan fingerprint density at radius 1 is 0.839 bits per heavy atom. The number of rotatable bonds is 5. The van der Waals surface area contributed by atoms with Gasteiger partial charge in [-0.1, -0.05) is 54.4 Å². The van der Waals surface area contributed by atoms with Gasteiger partial charge >= 0.3 is 0 Å². The summed E-state index contributed by atoms with van der Waals surface area (Å²) in [5.41, 5.74) is -0.254. The third-order valence-corrected chi connectivity index (χ3v) is 12.1. The van der Waals surface area contributed by atoms with Crippen molar-refractivity contribution in [3.63, 3.8) is 0 Å². The Morgan fingerprint density at radius 2 is 1.58 bits per heavy atom. The van der Waals surface area contributed by atoms with E-state index in [2.05, 4.69) is 41.5 Å². The van der Waals surface area contributed by atoms with Crippen molar-refractivity contribution < 1.29 is 14.9 Å². The van der Waals surface area contributed by atoms with Gasteiger partial charge < -0.3 is 5.11 Å². The first-order valence-corrected chi connectivity index (χ1v) is 13.7. The monoisotopic (exact) mass is 432 g/mol. The molecule has 0 aromatic carbocycles. The summed E-state index contributed by atoms with van der Waals surface area (Å²) in [6, 6.07) is 0. The van der Waals surface area contributed by atoms with Gasteiger partial charge in [-0.3, -0.25) is 0 Å². The van der Waals surface area contributed by atoms with Crippen molar-refractivity contribution in [1.29, 1.82) is 0 Å². The molecule has 3 heteroatoms. The van der Waals surface area contributed by atoms with Gasteiger partial charge in [-0.2, -0.15) is 9.78 Å². The van der Waals surface area contributed by atoms with Gasteiger partial charge in [-0.25, -0.2) is 0 Å². The van der Waals surface area contributed by atoms with Gasteiger partial charge in [0.1, 0.15) is 0 Å². The van der Waals surface area contributed by atoms with E-state index < -0.39 is 5.60 Å². The minimum Gasteiger partial charge on any atom is -0.389 e. The molecule has 1 N–H and O–H groups in total. The van der Waals surface area contributed by atoms with Crippen LogP contribution in [0.1, 0.15) is 112 Å². The largest absolute Gasteiger partial charge is 0.389 e. The molecule has 0 unspecified atom stereocenters. The van der Waals surface area contributed by atoms with Crippen LogP contribution in [-0.2, 0) is 9.78 Å². The van der Waals surface area contributed by atoms with Crippen molar-refractivity contribution >= 4 is 0 Å². The van der Waals surface area contributed by atoms with Gasteiger partial charge in [0, 0.05) is 11.8 Å². The summed E-state index contributed by atoms with van der Waals surface area (Å²) in [5, 5.41) is 12.5. The highest BCUT2D eigenvalue weighted by Gasteiger charge is 2.76. The van der Waals surface area contributed by atoms with E-state index >= 15 is 0 Å². The lowest BCUT2D eigenvalue weighted by Gasteiger charge is -2.64. The maximum Gasteiger partial charge on any atom is 0.240 e. The van der Waals surface area contributed by atoms with E-state index in [1.807, 2.05) is 0 Å². The molecule has 1 spiro atoms. The van der Waals surface area contributed by atoms with E-state index in [1.165, 1.54) is 44.9 Å². The van der Waals surface area contributed by atoms with Gasteiger partial charge in [0.2, 0.25) is 5.79 Å². The Morgan fingerprint density at radius 3 is 2.26 bits per heavy atom. The molecule has 0 aromatic heterocycles. The molecular formula is C28H48O3. The second-order valence-electron chi connectivity index (χ2n) is 13.4. The van der Waals surface area contributed by atoms with E-state index in [0.717, 1.165) is 49.4 Å². The molecule has 5 aliphatic rings. The van der Waals surface area contributed by atoms with Crippen molar-refractivity contribution in [3.05, 3.63) is 0 Å². The molecule has 0 aromatic rings. The zero-order chi connectivity index (χ0) is 22.2. The molecule has 5 rings (SSSR count). The lowest BCUT2D eigenvalue weighted by Crippen LogP contribution is -2.67. The average Bonchev–Trinajstić information content (AvgIpc) is 3.41. The van der Waals surface area contributed by atoms with Crippen LogP contribution in [0.5, 0.6) is 0 Å². The summed E-state index contributed by atoms with van der Waals surface area (Å²) in [4.78, 5) is 11.5. The van der Waals surface area contributed by atoms with Crippen molar-refractivity contribution in [1.82, 2.24) is 0 Å². The molecule has 1 aliphatic heterocycles. The summed E-state index contributed by atoms with van der Waals surface area (Å²) in [6.07, 6.45) is 13.3. The molecule has 31 heavy (non-hydrogen) atoms. The summed E-state index contributed by atoms with van der Waals surface area (Å²) in [7, 11) is 0. The Balaban J connectivity index is 1.38. The van der Waals surface area contributed by atoms with E-state index in [4.69, 9.17) is 9.78 Å². The summed E-state index contributed by atoms with van der Waals surface area (Å²) >= 11 is 0. The topological polar surface area (TPSA) is 45.3 Å². The summed E-state index contributed by atoms with van der Waals surface area (Å²) in [6.45, 7) is 14.6. The van der Waals surface area contributed by atoms with Gasteiger partial charge in [-0.05, 0) is 98.2 Å². The van der Waals surface area contributed by atoms with Crippen molar-refractivity contribution in [2.45, 2.75) is 124 Å². The molecule has 3 nitrogen and oxygen atoms in total. The quantitative estimate of drug-likeness (QED) is 0.371. The molecule has 0 radical (unpaired) electrons. The third-order valence-electron chi connectivity index (χ3n) is 12.1. The van der Waals surface area contributed by atoms with Crippen LogP contribution in [0.3, 0.4) is 0 Å². The van der Waals surface area contributed by atoms with Crippen molar-refractivity contribution in [2.24, 2.45) is 52.3 Å². The molecule has 1 saturated heterocycles. The molecule has 9 atom stereocenters. The molecule has 0 amide bonds. The lowest BCUT2D eigenvalue weighted by atomic mass is 9.41. The molecule has 0 bridgehead atoms. The summed E-state index contributed by atoms with van der Waals surface area (Å²) < 4.78 is 0. The van der Waals surface area contributed by atoms with Gasteiger partial charge in [0.15, 0.2) is 0 Å². The predicted molar refractivity (Wildman–Crippen MR) is 124 cm³/mol. The maximum absolute atomic E-state index is 12.5. The average molecular weight is 433 g/mol. The second kappa shape index (κ2) is 7.44. The minimum absolute atomic E-state index is 0.0179. The molecular weight excluding hydrogens is 384 g/mol.